The highest BCUT2D eigenvalue weighted by Crippen LogP contribution is 2.26. The van der Waals surface area contributed by atoms with Gasteiger partial charge in [-0.2, -0.15) is 0 Å². The first-order valence-corrected chi connectivity index (χ1v) is 6.77. The summed E-state index contributed by atoms with van der Waals surface area (Å²) in [7, 11) is 0. The highest BCUT2D eigenvalue weighted by molar-refractivity contribution is 5.96. The number of aliphatic hydroxyl groups is 1. The minimum atomic E-state index is 0.0382. The Hall–Kier alpha value is -1.35. The Morgan fingerprint density at radius 3 is 2.67 bits per heavy atom. The van der Waals surface area contributed by atoms with Crippen molar-refractivity contribution in [3.8, 4) is 0 Å². The van der Waals surface area contributed by atoms with Crippen molar-refractivity contribution in [2.24, 2.45) is 0 Å². The third-order valence-electron chi connectivity index (χ3n) is 3.75. The maximum absolute atomic E-state index is 12.6. The summed E-state index contributed by atoms with van der Waals surface area (Å²) in [5.74, 6) is 0.0752. The molecule has 3 heteroatoms. The number of hydrogen-bond acceptors (Lipinski definition) is 2. The summed E-state index contributed by atoms with van der Waals surface area (Å²) >= 11 is 0. The van der Waals surface area contributed by atoms with Gasteiger partial charge in [-0.1, -0.05) is 25.1 Å². The predicted molar refractivity (Wildman–Crippen MR) is 71.6 cm³/mol. The minimum Gasteiger partial charge on any atom is -0.395 e. The van der Waals surface area contributed by atoms with E-state index >= 15 is 0 Å². The van der Waals surface area contributed by atoms with Gasteiger partial charge in [0.25, 0.3) is 5.91 Å². The number of aryl methyl sites for hydroxylation is 1. The number of benzene rings is 1. The zero-order valence-corrected chi connectivity index (χ0v) is 10.9. The molecule has 3 nitrogen and oxygen atoms in total. The van der Waals surface area contributed by atoms with Crippen molar-refractivity contribution < 1.29 is 9.90 Å². The van der Waals surface area contributed by atoms with E-state index in [2.05, 4.69) is 6.92 Å². The average Bonchev–Trinajstić information content (AvgIpc) is 2.35. The normalized spacial score (nSPS) is 15.2. The lowest BCUT2D eigenvalue weighted by atomic mass is 9.90. The molecule has 0 saturated heterocycles. The molecule has 1 saturated carbocycles. The Balaban J connectivity index is 2.21. The third kappa shape index (κ3) is 2.56. The molecule has 0 aliphatic heterocycles. The number of aliphatic hydroxyl groups excluding tert-OH is 1. The number of rotatable bonds is 5. The summed E-state index contributed by atoms with van der Waals surface area (Å²) in [6.07, 6.45) is 4.19. The number of hydrogen-bond donors (Lipinski definition) is 1. The average molecular weight is 247 g/mol. The molecule has 0 radical (unpaired) electrons. The van der Waals surface area contributed by atoms with E-state index in [1.165, 1.54) is 6.42 Å². The lowest BCUT2D eigenvalue weighted by molar-refractivity contribution is 0.0525. The highest BCUT2D eigenvalue weighted by Gasteiger charge is 2.29. The van der Waals surface area contributed by atoms with Gasteiger partial charge in [-0.25, -0.2) is 0 Å². The van der Waals surface area contributed by atoms with Crippen molar-refractivity contribution in [3.05, 3.63) is 35.4 Å². The lowest BCUT2D eigenvalue weighted by Gasteiger charge is -2.37. The van der Waals surface area contributed by atoms with Crippen LogP contribution in [0, 0.1) is 0 Å². The van der Waals surface area contributed by atoms with Crippen LogP contribution in [0.3, 0.4) is 0 Å². The molecule has 2 rings (SSSR count). The van der Waals surface area contributed by atoms with Crippen LogP contribution in [0.15, 0.2) is 24.3 Å². The molecule has 18 heavy (non-hydrogen) atoms. The van der Waals surface area contributed by atoms with Crippen LogP contribution in [0.5, 0.6) is 0 Å². The Morgan fingerprint density at radius 2 is 2.11 bits per heavy atom. The quantitative estimate of drug-likeness (QED) is 0.867. The second-order valence-corrected chi connectivity index (χ2v) is 4.82. The van der Waals surface area contributed by atoms with Crippen LogP contribution in [-0.2, 0) is 6.42 Å². The zero-order valence-electron chi connectivity index (χ0n) is 10.9. The van der Waals surface area contributed by atoms with Crippen LogP contribution in [0.1, 0.15) is 42.1 Å². The molecular formula is C15H21NO2. The monoisotopic (exact) mass is 247 g/mol. The first kappa shape index (κ1) is 13.1. The largest absolute Gasteiger partial charge is 0.395 e. The fourth-order valence-corrected chi connectivity index (χ4v) is 2.45. The number of carbonyl (C=O) groups excluding carboxylic acids is 1. The lowest BCUT2D eigenvalue weighted by Crippen LogP contribution is -2.45. The number of amides is 1. The summed E-state index contributed by atoms with van der Waals surface area (Å²) in [5.41, 5.74) is 1.88. The van der Waals surface area contributed by atoms with Gasteiger partial charge in [0.15, 0.2) is 0 Å². The Bertz CT molecular complexity index is 413. The van der Waals surface area contributed by atoms with E-state index < -0.39 is 0 Å². The van der Waals surface area contributed by atoms with Crippen LogP contribution in [0.2, 0.25) is 0 Å². The van der Waals surface area contributed by atoms with Crippen molar-refractivity contribution in [1.29, 1.82) is 0 Å². The standard InChI is InChI=1S/C15H21NO2/c1-2-12-6-3-4-9-14(12)15(18)16(10-11-17)13-7-5-8-13/h3-4,6,9,13,17H,2,5,7-8,10-11H2,1H3. The second kappa shape index (κ2) is 6.01. The number of carbonyl (C=O) groups is 1. The molecule has 1 aliphatic carbocycles. The van der Waals surface area contributed by atoms with Crippen molar-refractivity contribution >= 4 is 5.91 Å². The van der Waals surface area contributed by atoms with E-state index in [1.807, 2.05) is 29.2 Å². The fraction of sp³-hybridized carbons (Fsp3) is 0.533. The van der Waals surface area contributed by atoms with Crippen LogP contribution >= 0.6 is 0 Å². The molecule has 0 bridgehead atoms. The molecule has 1 N–H and O–H groups in total. The molecule has 1 aliphatic rings. The Labute approximate surface area is 108 Å². The summed E-state index contributed by atoms with van der Waals surface area (Å²) in [5, 5.41) is 9.13. The fourth-order valence-electron chi connectivity index (χ4n) is 2.45. The maximum Gasteiger partial charge on any atom is 0.254 e. The van der Waals surface area contributed by atoms with E-state index in [0.29, 0.717) is 12.6 Å². The van der Waals surface area contributed by atoms with Crippen LogP contribution in [-0.4, -0.2) is 35.1 Å². The molecule has 0 heterocycles. The van der Waals surface area contributed by atoms with Gasteiger partial charge in [0.05, 0.1) is 6.61 Å². The summed E-state index contributed by atoms with van der Waals surface area (Å²) in [4.78, 5) is 14.4. The molecule has 1 aromatic carbocycles. The smallest absolute Gasteiger partial charge is 0.254 e. The van der Waals surface area contributed by atoms with Gasteiger partial charge in [-0.05, 0) is 37.3 Å². The first-order valence-electron chi connectivity index (χ1n) is 6.77. The Morgan fingerprint density at radius 1 is 1.39 bits per heavy atom. The van der Waals surface area contributed by atoms with E-state index in [4.69, 9.17) is 5.11 Å². The molecule has 1 aromatic rings. The van der Waals surface area contributed by atoms with Crippen LogP contribution in [0.4, 0.5) is 0 Å². The topological polar surface area (TPSA) is 40.5 Å². The molecule has 0 atom stereocenters. The van der Waals surface area contributed by atoms with Crippen molar-refractivity contribution in [1.82, 2.24) is 4.90 Å². The van der Waals surface area contributed by atoms with Crippen molar-refractivity contribution in [2.45, 2.75) is 38.6 Å². The SMILES string of the molecule is CCc1ccccc1C(=O)N(CCO)C1CCC1. The van der Waals surface area contributed by atoms with Gasteiger partial charge < -0.3 is 10.0 Å². The van der Waals surface area contributed by atoms with Gasteiger partial charge >= 0.3 is 0 Å². The van der Waals surface area contributed by atoms with Crippen molar-refractivity contribution in [3.63, 3.8) is 0 Å². The summed E-state index contributed by atoms with van der Waals surface area (Å²) in [6, 6.07) is 8.10. The summed E-state index contributed by atoms with van der Waals surface area (Å²) < 4.78 is 0. The highest BCUT2D eigenvalue weighted by atomic mass is 16.3. The Kier molecular flexibility index (Phi) is 4.37. The molecule has 0 aromatic heterocycles. The van der Waals surface area contributed by atoms with Gasteiger partial charge in [0.1, 0.15) is 0 Å². The van der Waals surface area contributed by atoms with Crippen molar-refractivity contribution in [2.75, 3.05) is 13.2 Å². The third-order valence-corrected chi connectivity index (χ3v) is 3.75. The van der Waals surface area contributed by atoms with E-state index in [0.717, 1.165) is 30.4 Å². The first-order chi connectivity index (χ1) is 8.77. The van der Waals surface area contributed by atoms with Gasteiger partial charge in [0, 0.05) is 18.2 Å². The molecule has 0 spiro atoms. The molecule has 0 unspecified atom stereocenters. The molecule has 1 amide bonds. The predicted octanol–water partition coefficient (Wildman–Crippen LogP) is 2.24. The molecular weight excluding hydrogens is 226 g/mol. The summed E-state index contributed by atoms with van der Waals surface area (Å²) in [6.45, 7) is 2.55. The second-order valence-electron chi connectivity index (χ2n) is 4.82. The van der Waals surface area contributed by atoms with Gasteiger partial charge in [-0.15, -0.1) is 0 Å². The van der Waals surface area contributed by atoms with E-state index in [1.54, 1.807) is 0 Å². The minimum absolute atomic E-state index is 0.0382. The van der Waals surface area contributed by atoms with E-state index in [-0.39, 0.29) is 12.5 Å². The molecule has 1 fully saturated rings. The van der Waals surface area contributed by atoms with E-state index in [9.17, 15) is 4.79 Å². The van der Waals surface area contributed by atoms with Crippen LogP contribution in [0.25, 0.3) is 0 Å². The molecule has 98 valence electrons. The number of nitrogens with zero attached hydrogens (tertiary/aromatic N) is 1. The maximum atomic E-state index is 12.6. The zero-order chi connectivity index (χ0) is 13.0. The van der Waals surface area contributed by atoms with Gasteiger partial charge in [0.2, 0.25) is 0 Å². The van der Waals surface area contributed by atoms with Crippen LogP contribution < -0.4 is 0 Å². The van der Waals surface area contributed by atoms with Gasteiger partial charge in [-0.3, -0.25) is 4.79 Å².